The second kappa shape index (κ2) is 2.38. The van der Waals surface area contributed by atoms with Gasteiger partial charge in [0, 0.05) is 18.3 Å². The third-order valence-corrected chi connectivity index (χ3v) is 1.97. The van der Waals surface area contributed by atoms with Crippen LogP contribution in [0.5, 0.6) is 0 Å². The molecule has 2 heterocycles. The van der Waals surface area contributed by atoms with Gasteiger partial charge in [-0.2, -0.15) is 5.10 Å². The van der Waals surface area contributed by atoms with Gasteiger partial charge in [-0.1, -0.05) is 0 Å². The minimum atomic E-state index is 0.0220. The van der Waals surface area contributed by atoms with E-state index < -0.39 is 0 Å². The van der Waals surface area contributed by atoms with Gasteiger partial charge in [-0.3, -0.25) is 9.89 Å². The largest absolute Gasteiger partial charge is 0.356 e. The summed E-state index contributed by atoms with van der Waals surface area (Å²) in [6, 6.07) is 0. The summed E-state index contributed by atoms with van der Waals surface area (Å²) < 4.78 is 0. The molecule has 2 N–H and O–H groups in total. The third kappa shape index (κ3) is 1.00. The number of carbonyl (C=O) groups excluding carboxylic acids is 1. The zero-order chi connectivity index (χ0) is 7.68. The first kappa shape index (κ1) is 6.39. The van der Waals surface area contributed by atoms with E-state index in [4.69, 9.17) is 0 Å². The Kier molecular flexibility index (Phi) is 1.38. The number of aromatic amines is 1. The van der Waals surface area contributed by atoms with Crippen LogP contribution in [0.1, 0.15) is 17.9 Å². The van der Waals surface area contributed by atoms with Crippen LogP contribution in [0.4, 0.5) is 0 Å². The fourth-order valence-corrected chi connectivity index (χ4v) is 1.36. The SMILES string of the molecule is O=C1NCCC1c1cn[nH]c1. The van der Waals surface area contributed by atoms with Crippen LogP contribution < -0.4 is 5.32 Å². The average molecular weight is 151 g/mol. The molecule has 1 aromatic rings. The average Bonchev–Trinajstić information content (AvgIpc) is 2.55. The molecular formula is C7H9N3O. The number of H-pyrrole nitrogens is 1. The molecule has 0 aromatic carbocycles. The lowest BCUT2D eigenvalue weighted by atomic mass is 10.0. The van der Waals surface area contributed by atoms with E-state index in [-0.39, 0.29) is 11.8 Å². The maximum absolute atomic E-state index is 11.1. The van der Waals surface area contributed by atoms with Gasteiger partial charge < -0.3 is 5.32 Å². The van der Waals surface area contributed by atoms with Gasteiger partial charge in [0.1, 0.15) is 0 Å². The van der Waals surface area contributed by atoms with Crippen molar-refractivity contribution < 1.29 is 4.79 Å². The van der Waals surface area contributed by atoms with Gasteiger partial charge in [0.05, 0.1) is 12.1 Å². The monoisotopic (exact) mass is 151 g/mol. The Labute approximate surface area is 64.0 Å². The molecule has 1 saturated heterocycles. The highest BCUT2D eigenvalue weighted by molar-refractivity contribution is 5.85. The number of aromatic nitrogens is 2. The molecule has 4 heteroatoms. The lowest BCUT2D eigenvalue weighted by Crippen LogP contribution is -2.17. The Morgan fingerprint density at radius 1 is 1.64 bits per heavy atom. The summed E-state index contributed by atoms with van der Waals surface area (Å²) >= 11 is 0. The summed E-state index contributed by atoms with van der Waals surface area (Å²) in [4.78, 5) is 11.1. The predicted octanol–water partition coefficient (Wildman–Crippen LogP) is 0.0132. The van der Waals surface area contributed by atoms with E-state index >= 15 is 0 Å². The van der Waals surface area contributed by atoms with E-state index in [2.05, 4.69) is 15.5 Å². The highest BCUT2D eigenvalue weighted by Crippen LogP contribution is 2.21. The molecule has 1 atom stereocenters. The molecule has 0 spiro atoms. The van der Waals surface area contributed by atoms with Crippen LogP contribution in [0.3, 0.4) is 0 Å². The molecule has 58 valence electrons. The highest BCUT2D eigenvalue weighted by Gasteiger charge is 2.25. The first-order valence-electron chi connectivity index (χ1n) is 3.64. The van der Waals surface area contributed by atoms with E-state index in [0.717, 1.165) is 18.5 Å². The Morgan fingerprint density at radius 2 is 2.55 bits per heavy atom. The molecule has 1 aliphatic rings. The fourth-order valence-electron chi connectivity index (χ4n) is 1.36. The summed E-state index contributed by atoms with van der Waals surface area (Å²) in [6.45, 7) is 0.786. The first-order valence-corrected chi connectivity index (χ1v) is 3.64. The van der Waals surface area contributed by atoms with Crippen LogP contribution in [0.15, 0.2) is 12.4 Å². The fraction of sp³-hybridized carbons (Fsp3) is 0.429. The second-order valence-electron chi connectivity index (χ2n) is 2.66. The van der Waals surface area contributed by atoms with Gasteiger partial charge in [0.25, 0.3) is 0 Å². The Hall–Kier alpha value is -1.32. The van der Waals surface area contributed by atoms with Crippen molar-refractivity contribution in [3.63, 3.8) is 0 Å². The molecule has 0 saturated carbocycles. The van der Waals surface area contributed by atoms with Crippen LogP contribution in [0.2, 0.25) is 0 Å². The molecule has 1 unspecified atom stereocenters. The van der Waals surface area contributed by atoms with Gasteiger partial charge in [-0.05, 0) is 6.42 Å². The van der Waals surface area contributed by atoms with E-state index in [1.54, 1.807) is 12.4 Å². The zero-order valence-electron chi connectivity index (χ0n) is 6.00. The number of rotatable bonds is 1. The summed E-state index contributed by atoms with van der Waals surface area (Å²) in [7, 11) is 0. The van der Waals surface area contributed by atoms with Gasteiger partial charge in [-0.25, -0.2) is 0 Å². The van der Waals surface area contributed by atoms with Crippen molar-refractivity contribution in [2.45, 2.75) is 12.3 Å². The summed E-state index contributed by atoms with van der Waals surface area (Å²) in [5, 5.41) is 9.27. The molecule has 1 fully saturated rings. The van der Waals surface area contributed by atoms with Crippen molar-refractivity contribution in [3.8, 4) is 0 Å². The van der Waals surface area contributed by atoms with Gasteiger partial charge in [0.2, 0.25) is 5.91 Å². The standard InChI is InChI=1S/C7H9N3O/c11-7-6(1-2-8-7)5-3-9-10-4-5/h3-4,6H,1-2H2,(H,8,11)(H,9,10). The van der Waals surface area contributed by atoms with E-state index in [9.17, 15) is 4.79 Å². The molecule has 4 nitrogen and oxygen atoms in total. The van der Waals surface area contributed by atoms with Crippen molar-refractivity contribution in [2.75, 3.05) is 6.54 Å². The van der Waals surface area contributed by atoms with Gasteiger partial charge in [0.15, 0.2) is 0 Å². The Morgan fingerprint density at radius 3 is 3.09 bits per heavy atom. The lowest BCUT2D eigenvalue weighted by Gasteiger charge is -2.00. The maximum Gasteiger partial charge on any atom is 0.227 e. The third-order valence-electron chi connectivity index (χ3n) is 1.97. The highest BCUT2D eigenvalue weighted by atomic mass is 16.2. The number of hydrogen-bond acceptors (Lipinski definition) is 2. The van der Waals surface area contributed by atoms with Crippen molar-refractivity contribution >= 4 is 5.91 Å². The second-order valence-corrected chi connectivity index (χ2v) is 2.66. The molecule has 0 radical (unpaired) electrons. The molecule has 11 heavy (non-hydrogen) atoms. The Balaban J connectivity index is 2.23. The lowest BCUT2D eigenvalue weighted by molar-refractivity contribution is -0.120. The van der Waals surface area contributed by atoms with E-state index in [1.165, 1.54) is 0 Å². The minimum Gasteiger partial charge on any atom is -0.356 e. The van der Waals surface area contributed by atoms with Crippen LogP contribution in [-0.2, 0) is 4.79 Å². The van der Waals surface area contributed by atoms with Crippen molar-refractivity contribution in [1.82, 2.24) is 15.5 Å². The predicted molar refractivity (Wildman–Crippen MR) is 39.0 cm³/mol. The smallest absolute Gasteiger partial charge is 0.227 e. The number of carbonyl (C=O) groups is 1. The first-order chi connectivity index (χ1) is 5.38. The maximum atomic E-state index is 11.1. The molecule has 1 aliphatic heterocycles. The number of nitrogens with zero attached hydrogens (tertiary/aromatic N) is 1. The van der Waals surface area contributed by atoms with Gasteiger partial charge >= 0.3 is 0 Å². The van der Waals surface area contributed by atoms with Crippen LogP contribution >= 0.6 is 0 Å². The number of nitrogens with one attached hydrogen (secondary N) is 2. The van der Waals surface area contributed by atoms with E-state index in [0.29, 0.717) is 0 Å². The molecule has 2 rings (SSSR count). The van der Waals surface area contributed by atoms with Crippen molar-refractivity contribution in [2.24, 2.45) is 0 Å². The Bertz CT molecular complexity index is 255. The summed E-state index contributed by atoms with van der Waals surface area (Å²) in [5.74, 6) is 0.139. The zero-order valence-corrected chi connectivity index (χ0v) is 6.00. The minimum absolute atomic E-state index is 0.0220. The van der Waals surface area contributed by atoms with Gasteiger partial charge in [-0.15, -0.1) is 0 Å². The molecule has 0 aliphatic carbocycles. The molecule has 1 aromatic heterocycles. The quantitative estimate of drug-likeness (QED) is 0.594. The van der Waals surface area contributed by atoms with Crippen LogP contribution in [0, 0.1) is 0 Å². The number of hydrogen-bond donors (Lipinski definition) is 2. The van der Waals surface area contributed by atoms with Crippen LogP contribution in [-0.4, -0.2) is 22.6 Å². The topological polar surface area (TPSA) is 57.8 Å². The van der Waals surface area contributed by atoms with Crippen molar-refractivity contribution in [1.29, 1.82) is 0 Å². The van der Waals surface area contributed by atoms with E-state index in [1.807, 2.05) is 0 Å². The normalized spacial score (nSPS) is 23.6. The summed E-state index contributed by atoms with van der Waals surface area (Å²) in [5.41, 5.74) is 0.986. The molecule has 0 bridgehead atoms. The molecular weight excluding hydrogens is 142 g/mol. The van der Waals surface area contributed by atoms with Crippen LogP contribution in [0.25, 0.3) is 0 Å². The molecule has 1 amide bonds. The number of amides is 1. The summed E-state index contributed by atoms with van der Waals surface area (Å²) in [6.07, 6.45) is 4.36. The van der Waals surface area contributed by atoms with Crippen molar-refractivity contribution in [3.05, 3.63) is 18.0 Å².